The Hall–Kier alpha value is -1.62. The summed E-state index contributed by atoms with van der Waals surface area (Å²) in [6.45, 7) is 7.05. The van der Waals surface area contributed by atoms with Crippen LogP contribution < -0.4 is 11.1 Å². The number of hydrogen-bond acceptors (Lipinski definition) is 3. The predicted molar refractivity (Wildman–Crippen MR) is 72.2 cm³/mol. The number of nitrogens with two attached hydrogens (primary N) is 1. The first-order valence-electron chi connectivity index (χ1n) is 6.12. The quantitative estimate of drug-likeness (QED) is 0.885. The molecule has 0 radical (unpaired) electrons. The lowest BCUT2D eigenvalue weighted by Crippen LogP contribution is -2.47. The van der Waals surface area contributed by atoms with E-state index in [1.54, 1.807) is 45.9 Å². The van der Waals surface area contributed by atoms with Crippen LogP contribution in [0.15, 0.2) is 24.3 Å². The number of halogens is 1. The predicted octanol–water partition coefficient (Wildman–Crippen LogP) is 2.52. The van der Waals surface area contributed by atoms with Crippen LogP contribution in [-0.2, 0) is 10.3 Å². The lowest BCUT2D eigenvalue weighted by molar-refractivity contribution is 0.0515. The summed E-state index contributed by atoms with van der Waals surface area (Å²) >= 11 is 0. The van der Waals surface area contributed by atoms with Gasteiger partial charge in [-0.1, -0.05) is 18.2 Å². The van der Waals surface area contributed by atoms with Gasteiger partial charge in [-0.25, -0.2) is 9.18 Å². The van der Waals surface area contributed by atoms with Gasteiger partial charge in [0.25, 0.3) is 0 Å². The first-order chi connectivity index (χ1) is 8.62. The average molecular weight is 268 g/mol. The first-order valence-corrected chi connectivity index (χ1v) is 6.12. The maximum absolute atomic E-state index is 13.7. The molecule has 0 aliphatic heterocycles. The SMILES string of the molecule is CC(C)(C)OC(=O)NCC(C)(N)c1ccccc1F. The van der Waals surface area contributed by atoms with Crippen molar-refractivity contribution in [2.75, 3.05) is 6.54 Å². The fourth-order valence-electron chi connectivity index (χ4n) is 1.59. The molecule has 1 amide bonds. The van der Waals surface area contributed by atoms with Crippen LogP contribution in [0.5, 0.6) is 0 Å². The third kappa shape index (κ3) is 4.87. The summed E-state index contributed by atoms with van der Waals surface area (Å²) in [6.07, 6.45) is -0.569. The van der Waals surface area contributed by atoms with E-state index in [1.165, 1.54) is 6.07 Å². The van der Waals surface area contributed by atoms with Crippen LogP contribution >= 0.6 is 0 Å². The number of alkyl carbamates (subject to hydrolysis) is 1. The molecule has 1 aromatic carbocycles. The van der Waals surface area contributed by atoms with E-state index in [9.17, 15) is 9.18 Å². The van der Waals surface area contributed by atoms with E-state index in [2.05, 4.69) is 5.32 Å². The van der Waals surface area contributed by atoms with Crippen molar-refractivity contribution in [3.8, 4) is 0 Å². The van der Waals surface area contributed by atoms with E-state index in [0.717, 1.165) is 0 Å². The summed E-state index contributed by atoms with van der Waals surface area (Å²) < 4.78 is 18.8. The summed E-state index contributed by atoms with van der Waals surface area (Å²) in [5.74, 6) is -0.390. The molecule has 0 aliphatic rings. The molecule has 4 nitrogen and oxygen atoms in total. The Morgan fingerprint density at radius 1 is 1.32 bits per heavy atom. The highest BCUT2D eigenvalue weighted by Gasteiger charge is 2.26. The minimum absolute atomic E-state index is 0.0862. The van der Waals surface area contributed by atoms with Crippen molar-refractivity contribution in [3.63, 3.8) is 0 Å². The van der Waals surface area contributed by atoms with Crippen molar-refractivity contribution >= 4 is 6.09 Å². The second-order valence-electron chi connectivity index (χ2n) is 5.75. The molecule has 106 valence electrons. The zero-order chi connectivity index (χ0) is 14.7. The van der Waals surface area contributed by atoms with E-state index in [4.69, 9.17) is 10.5 Å². The van der Waals surface area contributed by atoms with E-state index in [1.807, 2.05) is 0 Å². The second-order valence-corrected chi connectivity index (χ2v) is 5.75. The zero-order valence-electron chi connectivity index (χ0n) is 11.8. The van der Waals surface area contributed by atoms with Gasteiger partial charge in [0.2, 0.25) is 0 Å². The minimum Gasteiger partial charge on any atom is -0.444 e. The number of benzene rings is 1. The van der Waals surface area contributed by atoms with Crippen molar-refractivity contribution < 1.29 is 13.9 Å². The molecule has 1 atom stereocenters. The molecule has 1 unspecified atom stereocenters. The normalized spacial score (nSPS) is 14.6. The largest absolute Gasteiger partial charge is 0.444 e. The number of amides is 1. The molecule has 0 spiro atoms. The maximum Gasteiger partial charge on any atom is 0.407 e. The Morgan fingerprint density at radius 3 is 2.42 bits per heavy atom. The van der Waals surface area contributed by atoms with Gasteiger partial charge >= 0.3 is 6.09 Å². The van der Waals surface area contributed by atoms with E-state index in [0.29, 0.717) is 5.56 Å². The van der Waals surface area contributed by atoms with Crippen LogP contribution in [0.25, 0.3) is 0 Å². The Kier molecular flexibility index (Phi) is 4.52. The molecule has 0 saturated carbocycles. The summed E-state index contributed by atoms with van der Waals surface area (Å²) in [5, 5.41) is 2.55. The van der Waals surface area contributed by atoms with E-state index < -0.39 is 23.1 Å². The number of ether oxygens (including phenoxy) is 1. The maximum atomic E-state index is 13.7. The van der Waals surface area contributed by atoms with Crippen LogP contribution in [0.3, 0.4) is 0 Å². The topological polar surface area (TPSA) is 64.3 Å². The number of hydrogen-bond donors (Lipinski definition) is 2. The van der Waals surface area contributed by atoms with E-state index >= 15 is 0 Å². The van der Waals surface area contributed by atoms with Gasteiger partial charge in [-0.2, -0.15) is 0 Å². The van der Waals surface area contributed by atoms with Gasteiger partial charge < -0.3 is 15.8 Å². The third-order valence-electron chi connectivity index (χ3n) is 2.49. The molecular formula is C14H21FN2O2. The molecule has 0 aliphatic carbocycles. The highest BCUT2D eigenvalue weighted by molar-refractivity contribution is 5.67. The van der Waals surface area contributed by atoms with Gasteiger partial charge in [0.15, 0.2) is 0 Å². The molecule has 0 fully saturated rings. The Balaban J connectivity index is 2.66. The van der Waals surface area contributed by atoms with E-state index in [-0.39, 0.29) is 6.54 Å². The standard InChI is InChI=1S/C14H21FN2O2/c1-13(2,3)19-12(18)17-9-14(4,16)10-7-5-6-8-11(10)15/h5-8H,9,16H2,1-4H3,(H,17,18). The van der Waals surface area contributed by atoms with Crippen LogP contribution in [-0.4, -0.2) is 18.2 Å². The van der Waals surface area contributed by atoms with Crippen LogP contribution in [0, 0.1) is 5.82 Å². The summed E-state index contributed by atoms with van der Waals surface area (Å²) in [4.78, 5) is 11.5. The molecule has 1 aromatic rings. The molecule has 0 heterocycles. The third-order valence-corrected chi connectivity index (χ3v) is 2.49. The molecule has 0 aromatic heterocycles. The summed E-state index contributed by atoms with van der Waals surface area (Å²) in [7, 11) is 0. The molecule has 0 saturated heterocycles. The second kappa shape index (κ2) is 5.57. The monoisotopic (exact) mass is 268 g/mol. The lowest BCUT2D eigenvalue weighted by atomic mass is 9.93. The molecule has 3 N–H and O–H groups in total. The fraction of sp³-hybridized carbons (Fsp3) is 0.500. The Bertz CT molecular complexity index is 453. The van der Waals surface area contributed by atoms with Crippen molar-refractivity contribution in [2.45, 2.75) is 38.8 Å². The van der Waals surface area contributed by atoms with Gasteiger partial charge in [0.05, 0.1) is 5.54 Å². The van der Waals surface area contributed by atoms with Crippen molar-refractivity contribution in [2.24, 2.45) is 5.73 Å². The van der Waals surface area contributed by atoms with Crippen LogP contribution in [0.1, 0.15) is 33.3 Å². The Labute approximate surface area is 113 Å². The molecular weight excluding hydrogens is 247 g/mol. The molecule has 1 rings (SSSR count). The average Bonchev–Trinajstić information content (AvgIpc) is 2.24. The molecule has 5 heteroatoms. The summed E-state index contributed by atoms with van der Waals surface area (Å²) in [6, 6.07) is 6.24. The fourth-order valence-corrected chi connectivity index (χ4v) is 1.59. The van der Waals surface area contributed by atoms with Crippen molar-refractivity contribution in [1.29, 1.82) is 0 Å². The van der Waals surface area contributed by atoms with Crippen LogP contribution in [0.2, 0.25) is 0 Å². The molecule has 0 bridgehead atoms. The first kappa shape index (κ1) is 15.4. The van der Waals surface area contributed by atoms with Gasteiger partial charge in [0.1, 0.15) is 11.4 Å². The van der Waals surface area contributed by atoms with Gasteiger partial charge in [-0.15, -0.1) is 0 Å². The van der Waals surface area contributed by atoms with Crippen LogP contribution in [0.4, 0.5) is 9.18 Å². The number of carbonyl (C=O) groups excluding carboxylic acids is 1. The minimum atomic E-state index is -0.998. The Morgan fingerprint density at radius 2 is 1.89 bits per heavy atom. The number of nitrogens with one attached hydrogen (secondary N) is 1. The number of carbonyl (C=O) groups is 1. The highest BCUT2D eigenvalue weighted by Crippen LogP contribution is 2.20. The zero-order valence-corrected chi connectivity index (χ0v) is 11.8. The lowest BCUT2D eigenvalue weighted by Gasteiger charge is -2.27. The van der Waals surface area contributed by atoms with Gasteiger partial charge in [-0.05, 0) is 33.8 Å². The van der Waals surface area contributed by atoms with Crippen molar-refractivity contribution in [1.82, 2.24) is 5.32 Å². The number of rotatable bonds is 3. The van der Waals surface area contributed by atoms with Gasteiger partial charge in [-0.3, -0.25) is 0 Å². The smallest absolute Gasteiger partial charge is 0.407 e. The summed E-state index contributed by atoms with van der Waals surface area (Å²) in [5.41, 5.74) is 4.82. The van der Waals surface area contributed by atoms with Gasteiger partial charge in [0, 0.05) is 12.1 Å². The molecule has 19 heavy (non-hydrogen) atoms. The highest BCUT2D eigenvalue weighted by atomic mass is 19.1. The van der Waals surface area contributed by atoms with Crippen molar-refractivity contribution in [3.05, 3.63) is 35.6 Å².